The van der Waals surface area contributed by atoms with Gasteiger partial charge in [0, 0.05) is 60.3 Å². The first-order chi connectivity index (χ1) is 17.8. The summed E-state index contributed by atoms with van der Waals surface area (Å²) in [4.78, 5) is 30.6. The quantitative estimate of drug-likeness (QED) is 0.345. The van der Waals surface area contributed by atoms with Gasteiger partial charge in [0.15, 0.2) is 5.65 Å². The number of hydrogen-bond donors (Lipinski definition) is 1. The molecule has 0 aliphatic carbocycles. The van der Waals surface area contributed by atoms with Crippen LogP contribution in [0.15, 0.2) is 82.0 Å². The van der Waals surface area contributed by atoms with E-state index in [-0.39, 0.29) is 33.8 Å². The number of ether oxygens (including phenoxy) is 1. The maximum Gasteiger partial charge on any atom is 0.387 e. The molecule has 0 fully saturated rings. The van der Waals surface area contributed by atoms with Crippen LogP contribution in [0.5, 0.6) is 5.75 Å². The topological polar surface area (TPSA) is 108 Å². The summed E-state index contributed by atoms with van der Waals surface area (Å²) in [5, 5.41) is 11.3. The van der Waals surface area contributed by atoms with Crippen molar-refractivity contribution < 1.29 is 18.3 Å². The number of amides is 1. The van der Waals surface area contributed by atoms with E-state index in [0.717, 1.165) is 0 Å². The first-order valence-corrected chi connectivity index (χ1v) is 11.7. The molecule has 1 aromatic carbocycles. The van der Waals surface area contributed by atoms with E-state index >= 15 is 0 Å². The summed E-state index contributed by atoms with van der Waals surface area (Å²) in [5.41, 5.74) is 1.15. The molecular weight excluding hydrogens is 504 g/mol. The Morgan fingerprint density at radius 3 is 2.73 bits per heavy atom. The van der Waals surface area contributed by atoms with Gasteiger partial charge in [0.25, 0.3) is 11.5 Å². The summed E-state index contributed by atoms with van der Waals surface area (Å²) in [6.07, 6.45) is 7.79. The van der Waals surface area contributed by atoms with E-state index in [1.165, 1.54) is 43.9 Å². The third-order valence-electron chi connectivity index (χ3n) is 5.33. The van der Waals surface area contributed by atoms with Crippen LogP contribution >= 0.6 is 11.8 Å². The minimum Gasteiger partial charge on any atom is -0.434 e. The summed E-state index contributed by atoms with van der Waals surface area (Å²) in [6.45, 7) is -3.07. The van der Waals surface area contributed by atoms with E-state index in [4.69, 9.17) is 4.74 Å². The Hall–Kier alpha value is -4.52. The predicted octanol–water partition coefficient (Wildman–Crippen LogP) is 3.83. The first-order valence-electron chi connectivity index (χ1n) is 10.9. The highest BCUT2D eigenvalue weighted by Gasteiger charge is 2.22. The second-order valence-electron chi connectivity index (χ2n) is 7.92. The molecule has 0 atom stereocenters. The lowest BCUT2D eigenvalue weighted by Gasteiger charge is -2.13. The lowest BCUT2D eigenvalue weighted by Crippen LogP contribution is -2.13. The van der Waals surface area contributed by atoms with Gasteiger partial charge in [-0.3, -0.25) is 14.3 Å². The van der Waals surface area contributed by atoms with Gasteiger partial charge in [-0.2, -0.15) is 19.0 Å². The van der Waals surface area contributed by atoms with Crippen LogP contribution in [0.4, 0.5) is 14.5 Å². The Balaban J connectivity index is 1.52. The number of hydrogen-bond acceptors (Lipinski definition) is 7. The van der Waals surface area contributed by atoms with Crippen LogP contribution in [0.3, 0.4) is 0 Å². The van der Waals surface area contributed by atoms with Crippen LogP contribution in [0.1, 0.15) is 10.4 Å². The number of pyridine rings is 1. The van der Waals surface area contributed by atoms with Crippen LogP contribution in [0, 0.1) is 0 Å². The number of halogens is 2. The van der Waals surface area contributed by atoms with Crippen molar-refractivity contribution in [3.8, 4) is 17.0 Å². The average molecular weight is 524 g/mol. The third-order valence-corrected chi connectivity index (χ3v) is 6.31. The maximum atomic E-state index is 13.2. The van der Waals surface area contributed by atoms with Crippen molar-refractivity contribution in [3.05, 3.63) is 83.3 Å². The Morgan fingerprint density at radius 1 is 1.14 bits per heavy atom. The second kappa shape index (κ2) is 9.85. The number of benzene rings is 1. The van der Waals surface area contributed by atoms with E-state index in [2.05, 4.69) is 20.5 Å². The highest BCUT2D eigenvalue weighted by atomic mass is 32.2. The highest BCUT2D eigenvalue weighted by molar-refractivity contribution is 7.99. The molecule has 0 saturated heterocycles. The molecule has 13 heteroatoms. The smallest absolute Gasteiger partial charge is 0.387 e. The predicted molar refractivity (Wildman–Crippen MR) is 132 cm³/mol. The Bertz CT molecular complexity index is 1680. The van der Waals surface area contributed by atoms with Crippen molar-refractivity contribution >= 4 is 29.0 Å². The number of aryl methyl sites for hydroxylation is 2. The second-order valence-corrected chi connectivity index (χ2v) is 9.06. The van der Waals surface area contributed by atoms with Gasteiger partial charge in [-0.25, -0.2) is 9.50 Å². The summed E-state index contributed by atoms with van der Waals surface area (Å²) >= 11 is 1.28. The first kappa shape index (κ1) is 24.2. The van der Waals surface area contributed by atoms with Crippen LogP contribution in [0.25, 0.3) is 16.9 Å². The molecule has 0 radical (unpaired) electrons. The van der Waals surface area contributed by atoms with Gasteiger partial charge in [0.05, 0.1) is 11.9 Å². The number of alkyl halides is 2. The van der Waals surface area contributed by atoms with Gasteiger partial charge < -0.3 is 14.6 Å². The molecule has 5 aromatic rings. The van der Waals surface area contributed by atoms with Crippen LogP contribution in [-0.4, -0.2) is 41.5 Å². The zero-order valence-corrected chi connectivity index (χ0v) is 20.3. The van der Waals surface area contributed by atoms with Crippen molar-refractivity contribution in [1.29, 1.82) is 0 Å². The molecule has 4 heterocycles. The summed E-state index contributed by atoms with van der Waals surface area (Å²) in [5.74, 6) is -0.611. The van der Waals surface area contributed by atoms with Gasteiger partial charge >= 0.3 is 6.61 Å². The standard InChI is InChI=1S/C24H19F2N7O3S/c1-31-9-6-15(11-20(31)34)37-14-4-5-19(36-24(25)26)16(10-14)21-18(13-32(2)30-21)29-23(35)17-12-28-33-8-3-7-27-22(17)33/h3-13,24H,1-2H3,(H,29,35). The maximum absolute atomic E-state index is 13.2. The molecule has 5 rings (SSSR count). The highest BCUT2D eigenvalue weighted by Crippen LogP contribution is 2.39. The molecule has 0 unspecified atom stereocenters. The largest absolute Gasteiger partial charge is 0.434 e. The fourth-order valence-electron chi connectivity index (χ4n) is 3.64. The molecule has 1 N–H and O–H groups in total. The molecule has 0 aliphatic heterocycles. The van der Waals surface area contributed by atoms with Gasteiger partial charge in [0.1, 0.15) is 17.0 Å². The van der Waals surface area contributed by atoms with Crippen molar-refractivity contribution in [2.45, 2.75) is 16.4 Å². The molecule has 10 nitrogen and oxygen atoms in total. The monoisotopic (exact) mass is 523 g/mol. The average Bonchev–Trinajstić information content (AvgIpc) is 3.45. The lowest BCUT2D eigenvalue weighted by molar-refractivity contribution is -0.0494. The number of anilines is 1. The van der Waals surface area contributed by atoms with Gasteiger partial charge in [-0.1, -0.05) is 11.8 Å². The van der Waals surface area contributed by atoms with E-state index in [0.29, 0.717) is 15.4 Å². The third kappa shape index (κ3) is 5.07. The van der Waals surface area contributed by atoms with Crippen molar-refractivity contribution in [2.24, 2.45) is 14.1 Å². The molecule has 0 aliphatic rings. The van der Waals surface area contributed by atoms with E-state index in [1.54, 1.807) is 63.1 Å². The van der Waals surface area contributed by atoms with Crippen molar-refractivity contribution in [3.63, 3.8) is 0 Å². The van der Waals surface area contributed by atoms with Gasteiger partial charge in [-0.15, -0.1) is 0 Å². The Labute approximate surface area is 212 Å². The van der Waals surface area contributed by atoms with Crippen molar-refractivity contribution in [1.82, 2.24) is 28.9 Å². The molecule has 4 aromatic heterocycles. The number of carbonyl (C=O) groups excluding carboxylic acids is 1. The van der Waals surface area contributed by atoms with E-state index in [1.807, 2.05) is 0 Å². The summed E-state index contributed by atoms with van der Waals surface area (Å²) < 4.78 is 35.6. The number of aromatic nitrogens is 6. The summed E-state index contributed by atoms with van der Waals surface area (Å²) in [6, 6.07) is 9.56. The molecule has 0 spiro atoms. The Morgan fingerprint density at radius 2 is 1.95 bits per heavy atom. The molecule has 1 amide bonds. The number of rotatable bonds is 7. The fraction of sp³-hybridized carbons (Fsp3) is 0.125. The zero-order chi connectivity index (χ0) is 26.1. The van der Waals surface area contributed by atoms with Crippen LogP contribution < -0.4 is 15.6 Å². The molecular formula is C24H19F2N7O3S. The van der Waals surface area contributed by atoms with Gasteiger partial charge in [-0.05, 0) is 30.3 Å². The fourth-order valence-corrected chi connectivity index (χ4v) is 4.52. The Kier molecular flexibility index (Phi) is 6.44. The normalized spacial score (nSPS) is 11.3. The lowest BCUT2D eigenvalue weighted by atomic mass is 10.1. The summed E-state index contributed by atoms with van der Waals surface area (Å²) in [7, 11) is 3.29. The number of carbonyl (C=O) groups is 1. The molecule has 188 valence electrons. The van der Waals surface area contributed by atoms with E-state index in [9.17, 15) is 18.4 Å². The zero-order valence-electron chi connectivity index (χ0n) is 19.5. The van der Waals surface area contributed by atoms with E-state index < -0.39 is 12.5 Å². The van der Waals surface area contributed by atoms with Crippen LogP contribution in [-0.2, 0) is 14.1 Å². The van der Waals surface area contributed by atoms with Crippen LogP contribution in [0.2, 0.25) is 0 Å². The molecule has 37 heavy (non-hydrogen) atoms. The number of nitrogens with zero attached hydrogens (tertiary/aromatic N) is 6. The van der Waals surface area contributed by atoms with Crippen molar-refractivity contribution in [2.75, 3.05) is 5.32 Å². The molecule has 0 saturated carbocycles. The minimum atomic E-state index is -3.07. The minimum absolute atomic E-state index is 0.116. The SMILES string of the molecule is Cn1cc(NC(=O)c2cnn3cccnc23)c(-c2cc(Sc3ccn(C)c(=O)c3)ccc2OC(F)F)n1. The van der Waals surface area contributed by atoms with Gasteiger partial charge in [0.2, 0.25) is 0 Å². The molecule has 0 bridgehead atoms. The number of nitrogens with one attached hydrogen (secondary N) is 1. The number of fused-ring (bicyclic) bond motifs is 1.